The number of aliphatic hydroxyl groups excluding tert-OH is 1. The van der Waals surface area contributed by atoms with Gasteiger partial charge in [-0.25, -0.2) is 4.98 Å². The molecule has 5 nitrogen and oxygen atoms in total. The molecular weight excluding hydrogens is 304 g/mol. The Hall–Kier alpha value is -1.62. The van der Waals surface area contributed by atoms with E-state index in [1.807, 2.05) is 12.1 Å². The Morgan fingerprint density at radius 3 is 2.71 bits per heavy atom. The fourth-order valence-electron chi connectivity index (χ4n) is 3.95. The van der Waals surface area contributed by atoms with Crippen LogP contribution in [0.1, 0.15) is 63.0 Å². The predicted molar refractivity (Wildman–Crippen MR) is 91.6 cm³/mol. The van der Waals surface area contributed by atoms with E-state index in [1.54, 1.807) is 13.3 Å². The molecule has 0 saturated heterocycles. The second-order valence-corrected chi connectivity index (χ2v) is 7.25. The van der Waals surface area contributed by atoms with Gasteiger partial charge in [-0.3, -0.25) is 4.79 Å². The molecule has 0 aliphatic heterocycles. The predicted octanol–water partition coefficient (Wildman–Crippen LogP) is 2.99. The Morgan fingerprint density at radius 1 is 1.38 bits per heavy atom. The molecule has 0 spiro atoms. The molecule has 3 rings (SSSR count). The van der Waals surface area contributed by atoms with Crippen LogP contribution in [0, 0.1) is 11.8 Å². The third-order valence-electron chi connectivity index (χ3n) is 5.52. The fourth-order valence-corrected chi connectivity index (χ4v) is 3.95. The van der Waals surface area contributed by atoms with Crippen molar-refractivity contribution in [2.45, 2.75) is 63.5 Å². The first-order chi connectivity index (χ1) is 11.7. The van der Waals surface area contributed by atoms with Gasteiger partial charge in [0, 0.05) is 18.7 Å². The SMILES string of the molecule is COc1ccc([C@H](NC(=O)CCC2CCCC2)C2CC(O)C2)cn1. The lowest BCUT2D eigenvalue weighted by Gasteiger charge is -2.38. The topological polar surface area (TPSA) is 71.5 Å². The zero-order valence-corrected chi connectivity index (χ0v) is 14.4. The molecule has 1 amide bonds. The minimum atomic E-state index is -0.237. The molecule has 1 aromatic rings. The van der Waals surface area contributed by atoms with Gasteiger partial charge < -0.3 is 15.2 Å². The van der Waals surface area contributed by atoms with E-state index in [-0.39, 0.29) is 24.0 Å². The number of amides is 1. The summed E-state index contributed by atoms with van der Waals surface area (Å²) in [5.41, 5.74) is 0.988. The van der Waals surface area contributed by atoms with Crippen molar-refractivity contribution in [1.82, 2.24) is 10.3 Å². The minimum Gasteiger partial charge on any atom is -0.481 e. The Morgan fingerprint density at radius 2 is 2.12 bits per heavy atom. The molecule has 5 heteroatoms. The number of aromatic nitrogens is 1. The average Bonchev–Trinajstić information content (AvgIpc) is 3.09. The lowest BCUT2D eigenvalue weighted by molar-refractivity contribution is -0.123. The fraction of sp³-hybridized carbons (Fsp3) is 0.684. The first-order valence-corrected chi connectivity index (χ1v) is 9.13. The van der Waals surface area contributed by atoms with E-state index in [1.165, 1.54) is 25.7 Å². The van der Waals surface area contributed by atoms with E-state index in [0.717, 1.165) is 30.7 Å². The number of hydrogen-bond donors (Lipinski definition) is 2. The van der Waals surface area contributed by atoms with Gasteiger partial charge >= 0.3 is 0 Å². The maximum atomic E-state index is 12.4. The first kappa shape index (κ1) is 17.2. The van der Waals surface area contributed by atoms with Crippen LogP contribution in [-0.2, 0) is 4.79 Å². The second kappa shape index (κ2) is 7.97. The van der Waals surface area contributed by atoms with Crippen LogP contribution in [0.5, 0.6) is 5.88 Å². The van der Waals surface area contributed by atoms with Crippen LogP contribution in [0.15, 0.2) is 18.3 Å². The van der Waals surface area contributed by atoms with Crippen LogP contribution in [0.3, 0.4) is 0 Å². The summed E-state index contributed by atoms with van der Waals surface area (Å²) >= 11 is 0. The third kappa shape index (κ3) is 4.26. The van der Waals surface area contributed by atoms with Crippen LogP contribution in [0.25, 0.3) is 0 Å². The summed E-state index contributed by atoms with van der Waals surface area (Å²) < 4.78 is 5.10. The van der Waals surface area contributed by atoms with Gasteiger partial charge in [-0.15, -0.1) is 0 Å². The molecule has 1 aromatic heterocycles. The van der Waals surface area contributed by atoms with Crippen LogP contribution in [0.2, 0.25) is 0 Å². The van der Waals surface area contributed by atoms with E-state index >= 15 is 0 Å². The molecule has 0 bridgehead atoms. The van der Waals surface area contributed by atoms with E-state index < -0.39 is 0 Å². The smallest absolute Gasteiger partial charge is 0.220 e. The molecule has 1 atom stereocenters. The standard InChI is InChI=1S/C19H28N2O3/c1-24-18-9-7-14(12-20-18)19(15-10-16(22)11-15)21-17(23)8-6-13-4-2-3-5-13/h7,9,12-13,15-16,19,22H,2-6,8,10-11H2,1H3,(H,21,23)/t15?,16?,19-/m0/s1. The Bertz CT molecular complexity index is 534. The molecule has 1 heterocycles. The lowest BCUT2D eigenvalue weighted by Crippen LogP contribution is -2.41. The maximum Gasteiger partial charge on any atom is 0.220 e. The number of rotatable bonds is 7. The van der Waals surface area contributed by atoms with Gasteiger partial charge in [-0.2, -0.15) is 0 Å². The summed E-state index contributed by atoms with van der Waals surface area (Å²) in [6, 6.07) is 3.71. The number of methoxy groups -OCH3 is 1. The van der Waals surface area contributed by atoms with Gasteiger partial charge in [-0.05, 0) is 36.7 Å². The van der Waals surface area contributed by atoms with Crippen molar-refractivity contribution < 1.29 is 14.6 Å². The lowest BCUT2D eigenvalue weighted by atomic mass is 9.75. The maximum absolute atomic E-state index is 12.4. The van der Waals surface area contributed by atoms with Gasteiger partial charge in [0.2, 0.25) is 11.8 Å². The molecule has 2 N–H and O–H groups in total. The van der Waals surface area contributed by atoms with Gasteiger partial charge in [0.25, 0.3) is 0 Å². The van der Waals surface area contributed by atoms with Crippen LogP contribution in [0.4, 0.5) is 0 Å². The van der Waals surface area contributed by atoms with E-state index in [2.05, 4.69) is 10.3 Å². The van der Waals surface area contributed by atoms with Gasteiger partial charge in [0.15, 0.2) is 0 Å². The van der Waals surface area contributed by atoms with Crippen LogP contribution < -0.4 is 10.1 Å². The number of carbonyl (C=O) groups is 1. The molecule has 2 aliphatic carbocycles. The highest BCUT2D eigenvalue weighted by Crippen LogP contribution is 2.38. The number of nitrogens with zero attached hydrogens (tertiary/aromatic N) is 1. The van der Waals surface area contributed by atoms with Crippen LogP contribution in [-0.4, -0.2) is 29.2 Å². The van der Waals surface area contributed by atoms with Crippen molar-refractivity contribution in [1.29, 1.82) is 0 Å². The molecule has 132 valence electrons. The van der Waals surface area contributed by atoms with Crippen molar-refractivity contribution >= 4 is 5.91 Å². The number of pyridine rings is 1. The van der Waals surface area contributed by atoms with Crippen molar-refractivity contribution in [3.05, 3.63) is 23.9 Å². The molecule has 0 aromatic carbocycles. The Balaban J connectivity index is 1.59. The molecule has 2 saturated carbocycles. The zero-order chi connectivity index (χ0) is 16.9. The van der Waals surface area contributed by atoms with Gasteiger partial charge in [0.05, 0.1) is 19.3 Å². The minimum absolute atomic E-state index is 0.0668. The summed E-state index contributed by atoms with van der Waals surface area (Å²) in [6.45, 7) is 0. The van der Waals surface area contributed by atoms with Crippen molar-refractivity contribution in [3.63, 3.8) is 0 Å². The summed E-state index contributed by atoms with van der Waals surface area (Å²) in [5.74, 6) is 1.69. The zero-order valence-electron chi connectivity index (χ0n) is 14.4. The molecule has 0 radical (unpaired) electrons. The number of hydrogen-bond acceptors (Lipinski definition) is 4. The first-order valence-electron chi connectivity index (χ1n) is 9.13. The average molecular weight is 332 g/mol. The van der Waals surface area contributed by atoms with Crippen molar-refractivity contribution in [2.75, 3.05) is 7.11 Å². The monoisotopic (exact) mass is 332 g/mol. The van der Waals surface area contributed by atoms with Crippen LogP contribution >= 0.6 is 0 Å². The summed E-state index contributed by atoms with van der Waals surface area (Å²) in [6.07, 6.45) is 9.76. The highest BCUT2D eigenvalue weighted by molar-refractivity contribution is 5.76. The molecule has 2 aliphatic rings. The van der Waals surface area contributed by atoms with E-state index in [9.17, 15) is 9.90 Å². The quantitative estimate of drug-likeness (QED) is 0.805. The Kier molecular flexibility index (Phi) is 5.72. The number of aliphatic hydroxyl groups is 1. The van der Waals surface area contributed by atoms with E-state index in [0.29, 0.717) is 12.3 Å². The molecule has 0 unspecified atom stereocenters. The summed E-state index contributed by atoms with van der Waals surface area (Å²) in [4.78, 5) is 16.7. The van der Waals surface area contributed by atoms with E-state index in [4.69, 9.17) is 4.74 Å². The summed E-state index contributed by atoms with van der Waals surface area (Å²) in [5, 5.41) is 12.8. The number of ether oxygens (including phenoxy) is 1. The third-order valence-corrected chi connectivity index (χ3v) is 5.52. The highest BCUT2D eigenvalue weighted by Gasteiger charge is 2.35. The van der Waals surface area contributed by atoms with Crippen molar-refractivity contribution in [2.24, 2.45) is 11.8 Å². The van der Waals surface area contributed by atoms with Crippen molar-refractivity contribution in [3.8, 4) is 5.88 Å². The largest absolute Gasteiger partial charge is 0.481 e. The highest BCUT2D eigenvalue weighted by atomic mass is 16.5. The second-order valence-electron chi connectivity index (χ2n) is 7.25. The normalized spacial score (nSPS) is 25.1. The number of carbonyl (C=O) groups excluding carboxylic acids is 1. The van der Waals surface area contributed by atoms with Gasteiger partial charge in [0.1, 0.15) is 0 Å². The Labute approximate surface area is 143 Å². The van der Waals surface area contributed by atoms with Gasteiger partial charge in [-0.1, -0.05) is 31.7 Å². The number of nitrogens with one attached hydrogen (secondary N) is 1. The summed E-state index contributed by atoms with van der Waals surface area (Å²) in [7, 11) is 1.59. The molecular formula is C19H28N2O3. The molecule has 24 heavy (non-hydrogen) atoms. The molecule has 2 fully saturated rings.